The summed E-state index contributed by atoms with van der Waals surface area (Å²) in [6.45, 7) is 0.114. The first-order valence-corrected chi connectivity index (χ1v) is 7.48. The molecule has 2 aromatic carbocycles. The predicted molar refractivity (Wildman–Crippen MR) is 81.5 cm³/mol. The molecule has 3 heteroatoms. The maximum Gasteiger partial charge on any atom is 0.123 e. The summed E-state index contributed by atoms with van der Waals surface area (Å²) in [5.74, 6) is -0.229. The second-order valence-corrected chi connectivity index (χ2v) is 5.57. The van der Waals surface area contributed by atoms with E-state index in [4.69, 9.17) is 0 Å². The number of fused-ring (bicyclic) bond motifs is 1. The minimum atomic E-state index is -0.229. The van der Waals surface area contributed by atoms with Crippen LogP contribution in [-0.2, 0) is 6.42 Å². The maximum absolute atomic E-state index is 13.1. The molecule has 2 N–H and O–H groups in total. The van der Waals surface area contributed by atoms with Crippen LogP contribution in [0.5, 0.6) is 0 Å². The van der Waals surface area contributed by atoms with E-state index in [2.05, 4.69) is 29.6 Å². The van der Waals surface area contributed by atoms with Gasteiger partial charge >= 0.3 is 0 Å². The Morgan fingerprint density at radius 2 is 1.90 bits per heavy atom. The number of benzene rings is 2. The van der Waals surface area contributed by atoms with Crippen LogP contribution >= 0.6 is 0 Å². The lowest BCUT2D eigenvalue weighted by Crippen LogP contribution is -2.26. The average Bonchev–Trinajstić information content (AvgIpc) is 2.91. The molecule has 0 amide bonds. The van der Waals surface area contributed by atoms with Gasteiger partial charge in [0, 0.05) is 18.7 Å². The van der Waals surface area contributed by atoms with Crippen LogP contribution in [0.15, 0.2) is 48.5 Å². The number of halogens is 1. The van der Waals surface area contributed by atoms with Crippen molar-refractivity contribution in [3.8, 4) is 0 Å². The van der Waals surface area contributed by atoms with Crippen LogP contribution in [0, 0.1) is 5.82 Å². The summed E-state index contributed by atoms with van der Waals surface area (Å²) in [6.07, 6.45) is 2.79. The van der Waals surface area contributed by atoms with Crippen molar-refractivity contribution >= 4 is 0 Å². The molecule has 3 rings (SSSR count). The lowest BCUT2D eigenvalue weighted by molar-refractivity contribution is 0.258. The number of aryl methyl sites for hydroxylation is 1. The quantitative estimate of drug-likeness (QED) is 0.881. The van der Waals surface area contributed by atoms with Gasteiger partial charge in [-0.05, 0) is 48.1 Å². The van der Waals surface area contributed by atoms with Crippen LogP contribution in [0.4, 0.5) is 4.39 Å². The fraction of sp³-hybridized carbons (Fsp3) is 0.333. The van der Waals surface area contributed by atoms with Crippen molar-refractivity contribution in [2.24, 2.45) is 0 Å². The van der Waals surface area contributed by atoms with Gasteiger partial charge in [-0.2, -0.15) is 0 Å². The van der Waals surface area contributed by atoms with Crippen molar-refractivity contribution in [2.75, 3.05) is 6.61 Å². The summed E-state index contributed by atoms with van der Waals surface area (Å²) < 4.78 is 13.1. The van der Waals surface area contributed by atoms with E-state index in [0.29, 0.717) is 12.5 Å². The largest absolute Gasteiger partial charge is 0.396 e. The molecule has 1 aliphatic carbocycles. The minimum absolute atomic E-state index is 0.0479. The summed E-state index contributed by atoms with van der Waals surface area (Å²) in [6, 6.07) is 15.4. The molecule has 0 heterocycles. The number of aliphatic hydroxyl groups excluding tert-OH is 1. The Labute approximate surface area is 124 Å². The highest BCUT2D eigenvalue weighted by molar-refractivity contribution is 5.34. The number of hydrogen-bond donors (Lipinski definition) is 2. The fourth-order valence-corrected chi connectivity index (χ4v) is 3.14. The summed E-state index contributed by atoms with van der Waals surface area (Å²) >= 11 is 0. The third-order valence-corrected chi connectivity index (χ3v) is 4.23. The molecule has 2 aromatic rings. The van der Waals surface area contributed by atoms with Crippen molar-refractivity contribution in [1.82, 2.24) is 5.32 Å². The van der Waals surface area contributed by atoms with Crippen molar-refractivity contribution in [1.29, 1.82) is 0 Å². The molecule has 2 atom stereocenters. The van der Waals surface area contributed by atoms with E-state index in [1.807, 2.05) is 0 Å². The summed E-state index contributed by atoms with van der Waals surface area (Å²) in [5, 5.41) is 12.9. The first-order valence-electron chi connectivity index (χ1n) is 7.48. The molecule has 0 bridgehead atoms. The van der Waals surface area contributed by atoms with E-state index in [0.717, 1.165) is 18.4 Å². The van der Waals surface area contributed by atoms with E-state index in [1.54, 1.807) is 12.1 Å². The number of nitrogens with one attached hydrogen (secondary N) is 1. The molecule has 0 fully saturated rings. The van der Waals surface area contributed by atoms with Gasteiger partial charge in [0.15, 0.2) is 0 Å². The van der Waals surface area contributed by atoms with E-state index in [9.17, 15) is 9.50 Å². The molecular formula is C18H20FNO. The zero-order chi connectivity index (χ0) is 14.7. The topological polar surface area (TPSA) is 32.3 Å². The summed E-state index contributed by atoms with van der Waals surface area (Å²) in [4.78, 5) is 0. The summed E-state index contributed by atoms with van der Waals surface area (Å²) in [5.41, 5.74) is 3.77. The molecule has 0 saturated heterocycles. The molecule has 1 aliphatic rings. The first-order chi connectivity index (χ1) is 10.3. The number of hydrogen-bond acceptors (Lipinski definition) is 2. The molecule has 110 valence electrons. The SMILES string of the molecule is OCCC(NC1CCc2ccccc21)c1ccc(F)cc1. The normalized spacial score (nSPS) is 18.5. The zero-order valence-corrected chi connectivity index (χ0v) is 11.9. The molecule has 0 radical (unpaired) electrons. The predicted octanol–water partition coefficient (Wildman–Crippen LogP) is 3.53. The van der Waals surface area contributed by atoms with Crippen molar-refractivity contribution < 1.29 is 9.50 Å². The van der Waals surface area contributed by atoms with Crippen LogP contribution in [-0.4, -0.2) is 11.7 Å². The van der Waals surface area contributed by atoms with Gasteiger partial charge in [-0.15, -0.1) is 0 Å². The molecule has 0 spiro atoms. The second kappa shape index (κ2) is 6.37. The van der Waals surface area contributed by atoms with Gasteiger partial charge in [0.25, 0.3) is 0 Å². The molecule has 0 saturated carbocycles. The lowest BCUT2D eigenvalue weighted by atomic mass is 10.0. The van der Waals surface area contributed by atoms with Gasteiger partial charge in [0.05, 0.1) is 0 Å². The van der Waals surface area contributed by atoms with E-state index in [1.165, 1.54) is 23.3 Å². The van der Waals surface area contributed by atoms with Crippen LogP contribution in [0.25, 0.3) is 0 Å². The minimum Gasteiger partial charge on any atom is -0.396 e. The van der Waals surface area contributed by atoms with Gasteiger partial charge in [-0.3, -0.25) is 0 Å². The van der Waals surface area contributed by atoms with Crippen LogP contribution in [0.1, 0.15) is 41.6 Å². The van der Waals surface area contributed by atoms with Gasteiger partial charge in [0.1, 0.15) is 5.82 Å². The highest BCUT2D eigenvalue weighted by atomic mass is 19.1. The van der Waals surface area contributed by atoms with Crippen molar-refractivity contribution in [3.05, 3.63) is 71.0 Å². The Morgan fingerprint density at radius 3 is 2.67 bits per heavy atom. The zero-order valence-electron chi connectivity index (χ0n) is 11.9. The molecule has 0 aromatic heterocycles. The molecular weight excluding hydrogens is 265 g/mol. The van der Waals surface area contributed by atoms with Crippen LogP contribution in [0.3, 0.4) is 0 Å². The Balaban J connectivity index is 1.79. The lowest BCUT2D eigenvalue weighted by Gasteiger charge is -2.23. The standard InChI is InChI=1S/C18H20FNO/c19-15-8-5-14(6-9-15)17(11-12-21)20-18-10-7-13-3-1-2-4-16(13)18/h1-6,8-9,17-18,20-21H,7,10-12H2. The van der Waals surface area contributed by atoms with Gasteiger partial charge in [-0.1, -0.05) is 36.4 Å². The monoisotopic (exact) mass is 285 g/mol. The van der Waals surface area contributed by atoms with E-state index < -0.39 is 0 Å². The van der Waals surface area contributed by atoms with Crippen molar-refractivity contribution in [3.63, 3.8) is 0 Å². The van der Waals surface area contributed by atoms with E-state index >= 15 is 0 Å². The first kappa shape index (κ1) is 14.2. The third kappa shape index (κ3) is 3.14. The molecule has 2 unspecified atom stereocenters. The maximum atomic E-state index is 13.1. The Morgan fingerprint density at radius 1 is 1.14 bits per heavy atom. The Bertz CT molecular complexity index is 596. The van der Waals surface area contributed by atoms with Crippen LogP contribution < -0.4 is 5.32 Å². The highest BCUT2D eigenvalue weighted by Gasteiger charge is 2.24. The van der Waals surface area contributed by atoms with Gasteiger partial charge < -0.3 is 10.4 Å². The molecule has 21 heavy (non-hydrogen) atoms. The molecule has 2 nitrogen and oxygen atoms in total. The third-order valence-electron chi connectivity index (χ3n) is 4.23. The number of rotatable bonds is 5. The van der Waals surface area contributed by atoms with E-state index in [-0.39, 0.29) is 18.5 Å². The van der Waals surface area contributed by atoms with Gasteiger partial charge in [-0.25, -0.2) is 4.39 Å². The van der Waals surface area contributed by atoms with Gasteiger partial charge in [0.2, 0.25) is 0 Å². The van der Waals surface area contributed by atoms with Crippen molar-refractivity contribution in [2.45, 2.75) is 31.3 Å². The summed E-state index contributed by atoms with van der Waals surface area (Å²) in [7, 11) is 0. The highest BCUT2D eigenvalue weighted by Crippen LogP contribution is 2.33. The number of aliphatic hydroxyl groups is 1. The van der Waals surface area contributed by atoms with Crippen LogP contribution in [0.2, 0.25) is 0 Å². The second-order valence-electron chi connectivity index (χ2n) is 5.57. The Kier molecular flexibility index (Phi) is 4.32. The fourth-order valence-electron chi connectivity index (χ4n) is 3.14. The Hall–Kier alpha value is -1.71. The average molecular weight is 285 g/mol. The molecule has 0 aliphatic heterocycles. The smallest absolute Gasteiger partial charge is 0.123 e.